The van der Waals surface area contributed by atoms with Crippen molar-refractivity contribution in [1.29, 1.82) is 0 Å². The molecule has 0 spiro atoms. The number of carbonyl (C=O) groups excluding carboxylic acids is 5. The maximum absolute atomic E-state index is 14.3. The highest BCUT2D eigenvalue weighted by molar-refractivity contribution is 6.26. The molecule has 0 aromatic rings. The number of ether oxygens (including phenoxy) is 2. The van der Waals surface area contributed by atoms with Crippen LogP contribution in [-0.4, -0.2) is 86.5 Å². The number of fused-ring (bicyclic) bond motifs is 5. The zero-order valence-electron chi connectivity index (χ0n) is 29.3. The van der Waals surface area contributed by atoms with Crippen molar-refractivity contribution < 1.29 is 58.4 Å². The Morgan fingerprint density at radius 3 is 2.49 bits per heavy atom. The maximum atomic E-state index is 14.3. The molecule has 0 aromatic heterocycles. The Morgan fingerprint density at radius 1 is 1.14 bits per heavy atom. The number of esters is 2. The number of aliphatic hydroxyl groups excluding tert-OH is 1. The van der Waals surface area contributed by atoms with Crippen molar-refractivity contribution in [3.8, 4) is 0 Å². The zero-order chi connectivity index (χ0) is 37.9. The van der Waals surface area contributed by atoms with Gasteiger partial charge in [0.2, 0.25) is 11.7 Å². The molecular formula is C35H47ClN2O13. The van der Waals surface area contributed by atoms with Crippen LogP contribution in [0.2, 0.25) is 0 Å². The minimum atomic E-state index is -1.82. The van der Waals surface area contributed by atoms with E-state index in [1.807, 2.05) is 13.0 Å². The summed E-state index contributed by atoms with van der Waals surface area (Å²) < 4.78 is 11.4. The van der Waals surface area contributed by atoms with Gasteiger partial charge in [-0.15, -0.1) is 21.7 Å². The number of rotatable bonds is 16. The highest BCUT2D eigenvalue weighted by atomic mass is 35.5. The Balaban J connectivity index is 1.49. The molecular weight excluding hydrogens is 692 g/mol. The molecule has 4 aliphatic carbocycles. The van der Waals surface area contributed by atoms with Crippen LogP contribution in [0.5, 0.6) is 0 Å². The number of aliphatic hydroxyl groups is 1. The zero-order valence-corrected chi connectivity index (χ0v) is 30.1. The number of hydrogen-bond donors (Lipinski definition) is 3. The number of carboxylic acids is 1. The van der Waals surface area contributed by atoms with Gasteiger partial charge in [0.25, 0.3) is 5.09 Å². The van der Waals surface area contributed by atoms with Crippen molar-refractivity contribution in [2.45, 2.75) is 115 Å². The number of carboxylic acid groups (broad SMARTS) is 1. The Morgan fingerprint density at radius 2 is 1.84 bits per heavy atom. The summed E-state index contributed by atoms with van der Waals surface area (Å²) in [6.07, 6.45) is 5.12. The Bertz CT molecular complexity index is 1510. The number of alkyl halides is 1. The summed E-state index contributed by atoms with van der Waals surface area (Å²) in [6, 6.07) is -1.66. The van der Waals surface area contributed by atoms with Crippen LogP contribution in [0.1, 0.15) is 91.9 Å². The number of nitrogens with one attached hydrogen (secondary N) is 1. The van der Waals surface area contributed by atoms with Gasteiger partial charge in [0.15, 0.2) is 18.0 Å². The molecule has 2 fully saturated rings. The number of halogens is 1. The van der Waals surface area contributed by atoms with Gasteiger partial charge < -0.3 is 29.8 Å². The van der Waals surface area contributed by atoms with E-state index in [2.05, 4.69) is 10.2 Å². The molecule has 0 saturated heterocycles. The molecule has 4 rings (SSSR count). The first-order valence-corrected chi connectivity index (χ1v) is 17.7. The van der Waals surface area contributed by atoms with Gasteiger partial charge >= 0.3 is 17.9 Å². The average molecular weight is 739 g/mol. The van der Waals surface area contributed by atoms with Crippen LogP contribution in [0, 0.1) is 38.7 Å². The number of allylic oxidation sites excluding steroid dienone is 4. The van der Waals surface area contributed by atoms with Gasteiger partial charge in [-0.2, -0.15) is 0 Å². The van der Waals surface area contributed by atoms with E-state index in [0.717, 1.165) is 5.57 Å². The minimum absolute atomic E-state index is 0.0286. The molecule has 1 amide bonds. The first kappa shape index (κ1) is 39.9. The van der Waals surface area contributed by atoms with E-state index >= 15 is 0 Å². The van der Waals surface area contributed by atoms with E-state index in [1.54, 1.807) is 26.8 Å². The fourth-order valence-corrected chi connectivity index (χ4v) is 9.71. The third-order valence-electron chi connectivity index (χ3n) is 11.7. The van der Waals surface area contributed by atoms with Crippen LogP contribution >= 0.6 is 11.6 Å². The normalized spacial score (nSPS) is 34.2. The lowest BCUT2D eigenvalue weighted by Gasteiger charge is -2.63. The number of unbranched alkanes of at least 4 members (excludes halogenated alkanes) is 2. The minimum Gasteiger partial charge on any atom is -0.480 e. The van der Waals surface area contributed by atoms with Crippen molar-refractivity contribution in [3.63, 3.8) is 0 Å². The number of nitrogens with zero attached hydrogens (tertiary/aromatic N) is 1. The highest BCUT2D eigenvalue weighted by Gasteiger charge is 2.76. The van der Waals surface area contributed by atoms with Gasteiger partial charge in [-0.1, -0.05) is 51.8 Å². The maximum Gasteiger partial charge on any atom is 0.326 e. The fourth-order valence-electron chi connectivity index (χ4n) is 9.21. The second-order valence-electron chi connectivity index (χ2n) is 14.6. The van der Waals surface area contributed by atoms with Crippen molar-refractivity contribution in [1.82, 2.24) is 5.32 Å². The van der Waals surface area contributed by atoms with Gasteiger partial charge in [0, 0.05) is 36.0 Å². The molecule has 9 atom stereocenters. The lowest BCUT2D eigenvalue weighted by atomic mass is 9.46. The van der Waals surface area contributed by atoms with E-state index in [4.69, 9.17) is 21.1 Å². The monoisotopic (exact) mass is 738 g/mol. The Kier molecular flexibility index (Phi) is 12.1. The second-order valence-corrected chi connectivity index (χ2v) is 15.2. The lowest BCUT2D eigenvalue weighted by Crippen LogP contribution is -2.69. The summed E-state index contributed by atoms with van der Waals surface area (Å²) in [5.41, 5.74) is -2.98. The van der Waals surface area contributed by atoms with E-state index in [1.165, 1.54) is 6.08 Å². The van der Waals surface area contributed by atoms with E-state index in [0.29, 0.717) is 32.1 Å². The van der Waals surface area contributed by atoms with E-state index < -0.39 is 87.1 Å². The molecule has 16 heteroatoms. The molecule has 0 heterocycles. The lowest BCUT2D eigenvalue weighted by molar-refractivity contribution is -0.757. The number of aliphatic carboxylic acids is 1. The summed E-state index contributed by atoms with van der Waals surface area (Å²) >= 11 is 7.52. The van der Waals surface area contributed by atoms with Crippen LogP contribution in [0.4, 0.5) is 0 Å². The van der Waals surface area contributed by atoms with Crippen LogP contribution in [0.25, 0.3) is 0 Å². The number of ketones is 2. The van der Waals surface area contributed by atoms with Crippen LogP contribution in [-0.2, 0) is 43.1 Å². The molecule has 0 radical (unpaired) electrons. The molecule has 0 aliphatic heterocycles. The number of carbonyl (C=O) groups is 6. The predicted molar refractivity (Wildman–Crippen MR) is 178 cm³/mol. The number of hydrogen-bond acceptors (Lipinski definition) is 12. The van der Waals surface area contributed by atoms with Gasteiger partial charge in [-0.05, 0) is 50.0 Å². The standard InChI is InChI=1S/C35H47ClN2O13/c1-5-29(43)51-35(27(41)19-49-30(44)17-25(31(45)46)37-28(42)9-7-6-8-14-50-38(47)48)20(2)15-24-23-11-10-21-16-22(39)12-13-32(21,3)34(23,36)26(40)18-33(24,35)4/h10,12-13,20,23-26,40H,5-9,11,14-19H2,1-4H3,(H,37,42)(H,45,46)/t20-,23-,24-,25?,26-,32-,33-,34-,35-/m0/s1. The quantitative estimate of drug-likeness (QED) is 0.0516. The Hall–Kier alpha value is -3.85. The number of Topliss-reactive ketones (excluding diaryl/α,β-unsaturated/α-hetero) is 1. The van der Waals surface area contributed by atoms with Crippen molar-refractivity contribution in [2.75, 3.05) is 13.2 Å². The summed E-state index contributed by atoms with van der Waals surface area (Å²) in [7, 11) is 0. The first-order valence-electron chi connectivity index (χ1n) is 17.4. The molecule has 51 heavy (non-hydrogen) atoms. The third-order valence-corrected chi connectivity index (χ3v) is 12.7. The van der Waals surface area contributed by atoms with Crippen molar-refractivity contribution in [3.05, 3.63) is 33.9 Å². The van der Waals surface area contributed by atoms with Gasteiger partial charge in [-0.25, -0.2) is 4.79 Å². The first-order chi connectivity index (χ1) is 23.9. The summed E-state index contributed by atoms with van der Waals surface area (Å²) in [5, 5.41) is 33.1. The summed E-state index contributed by atoms with van der Waals surface area (Å²) in [6.45, 7) is 6.05. The highest BCUT2D eigenvalue weighted by Crippen LogP contribution is 2.71. The van der Waals surface area contributed by atoms with E-state index in [-0.39, 0.29) is 49.9 Å². The van der Waals surface area contributed by atoms with Crippen molar-refractivity contribution >= 4 is 47.0 Å². The molecule has 1 unspecified atom stereocenters. The van der Waals surface area contributed by atoms with E-state index in [9.17, 15) is 49.1 Å². The van der Waals surface area contributed by atoms with Gasteiger partial charge in [-0.3, -0.25) is 24.0 Å². The van der Waals surface area contributed by atoms with Crippen LogP contribution in [0.3, 0.4) is 0 Å². The fraction of sp³-hybridized carbons (Fsp3) is 0.714. The molecule has 3 N–H and O–H groups in total. The molecule has 2 saturated carbocycles. The third kappa shape index (κ3) is 7.28. The van der Waals surface area contributed by atoms with Crippen LogP contribution < -0.4 is 5.32 Å². The van der Waals surface area contributed by atoms with Gasteiger partial charge in [0.05, 0.1) is 24.0 Å². The largest absolute Gasteiger partial charge is 0.480 e. The van der Waals surface area contributed by atoms with Gasteiger partial charge in [0.1, 0.15) is 6.04 Å². The molecule has 15 nitrogen and oxygen atoms in total. The second kappa shape index (κ2) is 15.4. The molecule has 0 bridgehead atoms. The molecule has 0 aromatic carbocycles. The van der Waals surface area contributed by atoms with Crippen LogP contribution in [0.15, 0.2) is 23.8 Å². The topological polar surface area (TPSA) is 226 Å². The molecule has 282 valence electrons. The molecule has 4 aliphatic rings. The average Bonchev–Trinajstić information content (AvgIpc) is 3.27. The number of amides is 1. The smallest absolute Gasteiger partial charge is 0.326 e. The van der Waals surface area contributed by atoms with Crippen molar-refractivity contribution in [2.24, 2.45) is 28.6 Å². The SMILES string of the molecule is CCC(=O)O[C@]1(C(=O)COC(=O)CC(NC(=O)CCCCCO[N+](=O)[O-])C(=O)O)[C@@H](C)C[C@H]2[C@@H]3CC=C4CC(=O)C=C[C@]4(C)[C@@]3(Cl)[C@@H](O)C[C@@]21C. The summed E-state index contributed by atoms with van der Waals surface area (Å²) in [5.74, 6) is -5.98. The Labute approximate surface area is 300 Å². The predicted octanol–water partition coefficient (Wildman–Crippen LogP) is 3.41. The summed E-state index contributed by atoms with van der Waals surface area (Å²) in [4.78, 5) is 89.9.